The van der Waals surface area contributed by atoms with E-state index in [1.165, 1.54) is 6.33 Å². The Morgan fingerprint density at radius 3 is 2.72 bits per heavy atom. The average Bonchev–Trinajstić information content (AvgIpc) is 3.41. The molecule has 8 nitrogen and oxygen atoms in total. The second-order valence-corrected chi connectivity index (χ2v) is 9.16. The zero-order valence-corrected chi connectivity index (χ0v) is 19.1. The lowest BCUT2D eigenvalue weighted by Crippen LogP contribution is -2.65. The molecule has 0 radical (unpaired) electrons. The highest BCUT2D eigenvalue weighted by molar-refractivity contribution is 6.31. The first-order valence-corrected chi connectivity index (χ1v) is 11.5. The number of aromatic nitrogens is 2. The zero-order valence-electron chi connectivity index (χ0n) is 18.4. The molecule has 2 N–H and O–H groups in total. The first-order chi connectivity index (χ1) is 15.3. The Kier molecular flexibility index (Phi) is 6.24. The van der Waals surface area contributed by atoms with Gasteiger partial charge in [-0.05, 0) is 44.4 Å². The molecule has 0 bridgehead atoms. The fraction of sp³-hybridized carbons (Fsp3) is 0.478. The molecule has 1 atom stereocenters. The van der Waals surface area contributed by atoms with Crippen molar-refractivity contribution in [2.75, 3.05) is 11.9 Å². The number of carbonyl (C=O) groups excluding carboxylic acids is 3. The molecule has 2 aromatic rings. The van der Waals surface area contributed by atoms with Crippen LogP contribution in [0.3, 0.4) is 0 Å². The van der Waals surface area contributed by atoms with Crippen LogP contribution in [0.2, 0.25) is 5.02 Å². The third-order valence-corrected chi connectivity index (χ3v) is 6.52. The molecule has 9 heteroatoms. The molecule has 0 saturated heterocycles. The van der Waals surface area contributed by atoms with Gasteiger partial charge in [0.05, 0.1) is 12.9 Å². The second-order valence-electron chi connectivity index (χ2n) is 8.72. The van der Waals surface area contributed by atoms with Crippen LogP contribution in [0.4, 0.5) is 5.69 Å². The summed E-state index contributed by atoms with van der Waals surface area (Å²) in [5.41, 5.74) is -0.304. The summed E-state index contributed by atoms with van der Waals surface area (Å²) in [6.45, 7) is 4.40. The predicted molar refractivity (Wildman–Crippen MR) is 122 cm³/mol. The van der Waals surface area contributed by atoms with Gasteiger partial charge in [0.2, 0.25) is 5.91 Å². The standard InChI is InChI=1S/C23H28ClN5O3/c1-3-11-29-21(31)19-18(20(30)26-17-10-6-7-15(24)12-17)25-14-28(19)13-23(29,2)22(32)27-16-8-4-5-9-16/h6-7,10,12,14,16H,3-5,8-9,11,13H2,1-2H3,(H,26,30)(H,27,32). The van der Waals surface area contributed by atoms with Crippen LogP contribution in [0.25, 0.3) is 0 Å². The molecule has 1 aromatic heterocycles. The van der Waals surface area contributed by atoms with Gasteiger partial charge in [0.25, 0.3) is 11.8 Å². The van der Waals surface area contributed by atoms with Gasteiger partial charge in [0, 0.05) is 23.3 Å². The number of amides is 3. The highest BCUT2D eigenvalue weighted by Gasteiger charge is 2.48. The first-order valence-electron chi connectivity index (χ1n) is 11.1. The molecular formula is C23H28ClN5O3. The lowest BCUT2D eigenvalue weighted by atomic mass is 9.93. The van der Waals surface area contributed by atoms with Crippen LogP contribution in [-0.4, -0.2) is 50.3 Å². The van der Waals surface area contributed by atoms with Gasteiger partial charge < -0.3 is 20.1 Å². The summed E-state index contributed by atoms with van der Waals surface area (Å²) in [6, 6.07) is 6.92. The maximum atomic E-state index is 13.5. The number of anilines is 1. The van der Waals surface area contributed by atoms with E-state index in [2.05, 4.69) is 15.6 Å². The highest BCUT2D eigenvalue weighted by atomic mass is 35.5. The van der Waals surface area contributed by atoms with Crippen LogP contribution in [0.5, 0.6) is 0 Å². The number of imidazole rings is 1. The Labute approximate surface area is 192 Å². The van der Waals surface area contributed by atoms with Gasteiger partial charge in [0.15, 0.2) is 5.69 Å². The van der Waals surface area contributed by atoms with E-state index in [1.807, 2.05) is 6.92 Å². The molecule has 170 valence electrons. The van der Waals surface area contributed by atoms with Crippen molar-refractivity contribution in [1.29, 1.82) is 0 Å². The van der Waals surface area contributed by atoms with E-state index in [4.69, 9.17) is 11.6 Å². The molecular weight excluding hydrogens is 430 g/mol. The molecule has 4 rings (SSSR count). The van der Waals surface area contributed by atoms with Gasteiger partial charge in [-0.15, -0.1) is 0 Å². The molecule has 1 aliphatic carbocycles. The third-order valence-electron chi connectivity index (χ3n) is 6.28. The van der Waals surface area contributed by atoms with E-state index in [9.17, 15) is 14.4 Å². The van der Waals surface area contributed by atoms with Gasteiger partial charge >= 0.3 is 0 Å². The number of benzene rings is 1. The molecule has 2 aliphatic rings. The number of rotatable bonds is 6. The number of carbonyl (C=O) groups is 3. The molecule has 1 fully saturated rings. The van der Waals surface area contributed by atoms with Crippen LogP contribution in [0.1, 0.15) is 66.9 Å². The molecule has 0 spiro atoms. The van der Waals surface area contributed by atoms with Crippen LogP contribution in [-0.2, 0) is 11.3 Å². The Morgan fingerprint density at radius 1 is 1.28 bits per heavy atom. The number of nitrogens with zero attached hydrogens (tertiary/aromatic N) is 3. The zero-order chi connectivity index (χ0) is 22.9. The minimum Gasteiger partial charge on any atom is -0.351 e. The minimum atomic E-state index is -1.05. The summed E-state index contributed by atoms with van der Waals surface area (Å²) < 4.78 is 1.62. The smallest absolute Gasteiger partial charge is 0.276 e. The third kappa shape index (κ3) is 4.11. The molecule has 3 amide bonds. The Bertz CT molecular complexity index is 1050. The summed E-state index contributed by atoms with van der Waals surface area (Å²) >= 11 is 6.00. The van der Waals surface area contributed by atoms with Gasteiger partial charge in [-0.25, -0.2) is 4.98 Å². The van der Waals surface area contributed by atoms with Crippen molar-refractivity contribution in [3.8, 4) is 0 Å². The number of halogens is 1. The van der Waals surface area contributed by atoms with Crippen molar-refractivity contribution in [3.05, 3.63) is 47.0 Å². The summed E-state index contributed by atoms with van der Waals surface area (Å²) in [4.78, 5) is 45.6. The van der Waals surface area contributed by atoms with E-state index in [-0.39, 0.29) is 35.8 Å². The maximum Gasteiger partial charge on any atom is 0.276 e. The Hall–Kier alpha value is -2.87. The molecule has 32 heavy (non-hydrogen) atoms. The normalized spacial score (nSPS) is 20.8. The molecule has 1 aromatic carbocycles. The predicted octanol–water partition coefficient (Wildman–Crippen LogP) is 3.47. The summed E-state index contributed by atoms with van der Waals surface area (Å²) in [7, 11) is 0. The summed E-state index contributed by atoms with van der Waals surface area (Å²) in [5.74, 6) is -1.02. The number of nitrogens with one attached hydrogen (secondary N) is 2. The van der Waals surface area contributed by atoms with Crippen molar-refractivity contribution in [3.63, 3.8) is 0 Å². The van der Waals surface area contributed by atoms with Gasteiger partial charge in [0.1, 0.15) is 11.2 Å². The van der Waals surface area contributed by atoms with Gasteiger partial charge in [-0.3, -0.25) is 14.4 Å². The maximum absolute atomic E-state index is 13.5. The average molecular weight is 458 g/mol. The topological polar surface area (TPSA) is 96.3 Å². The Balaban J connectivity index is 1.62. The molecule has 1 unspecified atom stereocenters. The van der Waals surface area contributed by atoms with Gasteiger partial charge in [-0.1, -0.05) is 37.4 Å². The van der Waals surface area contributed by atoms with Crippen molar-refractivity contribution in [1.82, 2.24) is 19.8 Å². The molecule has 1 saturated carbocycles. The SMILES string of the molecule is CCCN1C(=O)c2c(C(=O)Nc3cccc(Cl)c3)ncn2CC1(C)C(=O)NC1CCCC1. The van der Waals surface area contributed by atoms with Crippen molar-refractivity contribution in [2.24, 2.45) is 0 Å². The van der Waals surface area contributed by atoms with E-state index >= 15 is 0 Å². The molecule has 2 heterocycles. The van der Waals surface area contributed by atoms with Crippen LogP contribution < -0.4 is 10.6 Å². The Morgan fingerprint density at radius 2 is 2.03 bits per heavy atom. The largest absolute Gasteiger partial charge is 0.351 e. The van der Waals surface area contributed by atoms with Crippen molar-refractivity contribution >= 4 is 35.0 Å². The van der Waals surface area contributed by atoms with E-state index in [0.29, 0.717) is 23.7 Å². The molecule has 1 aliphatic heterocycles. The van der Waals surface area contributed by atoms with Crippen LogP contribution in [0, 0.1) is 0 Å². The van der Waals surface area contributed by atoms with E-state index in [1.54, 1.807) is 40.7 Å². The van der Waals surface area contributed by atoms with Crippen LogP contribution >= 0.6 is 11.6 Å². The number of fused-ring (bicyclic) bond motifs is 1. The van der Waals surface area contributed by atoms with Crippen molar-refractivity contribution in [2.45, 2.75) is 64.1 Å². The number of hydrogen-bond donors (Lipinski definition) is 2. The van der Waals surface area contributed by atoms with E-state index in [0.717, 1.165) is 25.7 Å². The van der Waals surface area contributed by atoms with Crippen LogP contribution in [0.15, 0.2) is 30.6 Å². The summed E-state index contributed by atoms with van der Waals surface area (Å²) in [6.07, 6.45) is 6.30. The number of hydrogen-bond acceptors (Lipinski definition) is 4. The first kappa shape index (κ1) is 22.3. The monoisotopic (exact) mass is 457 g/mol. The van der Waals surface area contributed by atoms with Crippen molar-refractivity contribution < 1.29 is 14.4 Å². The lowest BCUT2D eigenvalue weighted by molar-refractivity contribution is -0.133. The quantitative estimate of drug-likeness (QED) is 0.694. The fourth-order valence-corrected chi connectivity index (χ4v) is 4.79. The lowest BCUT2D eigenvalue weighted by Gasteiger charge is -2.44. The van der Waals surface area contributed by atoms with E-state index < -0.39 is 11.4 Å². The van der Waals surface area contributed by atoms with Gasteiger partial charge in [-0.2, -0.15) is 0 Å². The highest BCUT2D eigenvalue weighted by Crippen LogP contribution is 2.30. The minimum absolute atomic E-state index is 0.0364. The second kappa shape index (κ2) is 8.94. The summed E-state index contributed by atoms with van der Waals surface area (Å²) in [5, 5.41) is 6.37. The fourth-order valence-electron chi connectivity index (χ4n) is 4.60.